The smallest absolute Gasteiger partial charge is 0.429 e. The fourth-order valence-corrected chi connectivity index (χ4v) is 4.78. The molecule has 0 fully saturated rings. The number of benzene rings is 4. The van der Waals surface area contributed by atoms with Crippen molar-refractivity contribution in [2.75, 3.05) is 0 Å². The zero-order chi connectivity index (χ0) is 32.9. The van der Waals surface area contributed by atoms with Crippen LogP contribution in [-0.2, 0) is 12.5 Å². The second-order valence-electron chi connectivity index (χ2n) is 10.5. The summed E-state index contributed by atoms with van der Waals surface area (Å²) in [6.45, 7) is 2.12. The van der Waals surface area contributed by atoms with E-state index in [2.05, 4.69) is 21.6 Å². The van der Waals surface area contributed by atoms with E-state index in [-0.39, 0.29) is 22.3 Å². The summed E-state index contributed by atoms with van der Waals surface area (Å²) in [6, 6.07) is 16.7. The minimum Gasteiger partial charge on any atom is -0.429 e. The number of hydrogen-bond acceptors (Lipinski definition) is 4. The Bertz CT molecular complexity index is 1770. The Hall–Kier alpha value is -4.93. The molecule has 238 valence electrons. The third-order valence-corrected chi connectivity index (χ3v) is 7.12. The van der Waals surface area contributed by atoms with Gasteiger partial charge in [0.2, 0.25) is 0 Å². The number of aromatic nitrogens is 2. The quantitative estimate of drug-likeness (QED) is 0.106. The zero-order valence-electron chi connectivity index (χ0n) is 24.4. The summed E-state index contributed by atoms with van der Waals surface area (Å²) in [5.41, 5.74) is 1.44. The fraction of sp³-hybridized carbons (Fsp3) is 0.200. The third kappa shape index (κ3) is 8.01. The third-order valence-electron chi connectivity index (χ3n) is 7.12. The first-order valence-electron chi connectivity index (χ1n) is 14.4. The number of alkyl halides is 5. The highest BCUT2D eigenvalue weighted by Crippen LogP contribution is 2.36. The van der Waals surface area contributed by atoms with Gasteiger partial charge in [0.1, 0.15) is 23.1 Å². The van der Waals surface area contributed by atoms with Crippen molar-refractivity contribution < 1.29 is 40.2 Å². The first-order chi connectivity index (χ1) is 21.9. The molecule has 4 nitrogen and oxygen atoms in total. The van der Waals surface area contributed by atoms with Crippen LogP contribution in [0.15, 0.2) is 97.3 Å². The molecular weight excluding hydrogens is 613 g/mol. The Morgan fingerprint density at radius 2 is 1.17 bits per heavy atom. The molecular formula is C35H27F7N2O2. The zero-order valence-corrected chi connectivity index (χ0v) is 24.4. The molecule has 5 rings (SSSR count). The van der Waals surface area contributed by atoms with Crippen LogP contribution in [0, 0.1) is 11.6 Å². The van der Waals surface area contributed by atoms with E-state index in [4.69, 9.17) is 4.74 Å². The van der Waals surface area contributed by atoms with Gasteiger partial charge >= 0.3 is 12.5 Å². The summed E-state index contributed by atoms with van der Waals surface area (Å²) in [6.07, 6.45) is -1.09. The van der Waals surface area contributed by atoms with E-state index < -0.39 is 41.2 Å². The molecule has 0 aliphatic heterocycles. The molecule has 0 amide bonds. The number of nitrogens with zero attached hydrogens (tertiary/aromatic N) is 2. The maximum absolute atomic E-state index is 15.0. The van der Waals surface area contributed by atoms with E-state index in [1.54, 1.807) is 12.4 Å². The lowest BCUT2D eigenvalue weighted by Gasteiger charge is -2.19. The standard InChI is InChI=1S/C35H27F7N2O2/c1-2-3-4-5-22-20-43-33(44-21-22)24-6-11-26(12-7-24)34(38,39)45-28-15-17-30(32(37)19-28)25-10-16-29(31(36)18-25)23-8-13-27(14-9-23)46-35(40,41)42/h6-21H,2-5H2,1H3. The summed E-state index contributed by atoms with van der Waals surface area (Å²) in [7, 11) is 0. The summed E-state index contributed by atoms with van der Waals surface area (Å²) < 4.78 is 106. The second-order valence-corrected chi connectivity index (χ2v) is 10.5. The van der Waals surface area contributed by atoms with Gasteiger partial charge in [0.15, 0.2) is 5.82 Å². The Morgan fingerprint density at radius 1 is 0.609 bits per heavy atom. The Labute approximate surface area is 260 Å². The second kappa shape index (κ2) is 13.6. The highest BCUT2D eigenvalue weighted by Gasteiger charge is 2.35. The first kappa shape index (κ1) is 32.5. The van der Waals surface area contributed by atoms with Crippen molar-refractivity contribution >= 4 is 0 Å². The first-order valence-corrected chi connectivity index (χ1v) is 14.4. The molecule has 46 heavy (non-hydrogen) atoms. The molecule has 0 spiro atoms. The summed E-state index contributed by atoms with van der Waals surface area (Å²) in [5, 5.41) is 0. The molecule has 1 aromatic heterocycles. The average molecular weight is 641 g/mol. The lowest BCUT2D eigenvalue weighted by atomic mass is 9.99. The van der Waals surface area contributed by atoms with Crippen molar-refractivity contribution in [2.45, 2.75) is 45.1 Å². The fourth-order valence-electron chi connectivity index (χ4n) is 4.78. The van der Waals surface area contributed by atoms with E-state index in [0.717, 1.165) is 61.6 Å². The monoisotopic (exact) mass is 640 g/mol. The van der Waals surface area contributed by atoms with Gasteiger partial charge in [-0.25, -0.2) is 18.7 Å². The molecule has 0 unspecified atom stereocenters. The number of rotatable bonds is 11. The molecule has 0 radical (unpaired) electrons. The van der Waals surface area contributed by atoms with Crippen LogP contribution in [0.3, 0.4) is 0 Å². The molecule has 0 atom stereocenters. The van der Waals surface area contributed by atoms with Crippen LogP contribution in [0.4, 0.5) is 30.7 Å². The largest absolute Gasteiger partial charge is 0.573 e. The molecule has 1 heterocycles. The molecule has 4 aromatic carbocycles. The van der Waals surface area contributed by atoms with Crippen molar-refractivity contribution in [3.05, 3.63) is 120 Å². The molecule has 0 aliphatic rings. The maximum atomic E-state index is 15.0. The molecule has 0 saturated heterocycles. The van der Waals surface area contributed by atoms with Gasteiger partial charge in [0.25, 0.3) is 0 Å². The van der Waals surface area contributed by atoms with Gasteiger partial charge in [-0.15, -0.1) is 13.2 Å². The molecule has 0 bridgehead atoms. The summed E-state index contributed by atoms with van der Waals surface area (Å²) in [5.74, 6) is -2.22. The lowest BCUT2D eigenvalue weighted by Crippen LogP contribution is -2.21. The van der Waals surface area contributed by atoms with Gasteiger partial charge in [-0.05, 0) is 72.0 Å². The van der Waals surface area contributed by atoms with Crippen molar-refractivity contribution in [3.8, 4) is 45.1 Å². The van der Waals surface area contributed by atoms with E-state index >= 15 is 13.2 Å². The van der Waals surface area contributed by atoms with E-state index in [1.165, 1.54) is 54.6 Å². The Morgan fingerprint density at radius 3 is 1.78 bits per heavy atom. The number of aryl methyl sites for hydroxylation is 1. The van der Waals surface area contributed by atoms with Gasteiger partial charge in [-0.1, -0.05) is 56.2 Å². The predicted molar refractivity (Wildman–Crippen MR) is 159 cm³/mol. The summed E-state index contributed by atoms with van der Waals surface area (Å²) in [4.78, 5) is 8.67. The van der Waals surface area contributed by atoms with Crippen LogP contribution in [0.1, 0.15) is 37.3 Å². The van der Waals surface area contributed by atoms with Crippen LogP contribution in [0.2, 0.25) is 0 Å². The highest BCUT2D eigenvalue weighted by atomic mass is 19.4. The van der Waals surface area contributed by atoms with Crippen molar-refractivity contribution in [1.82, 2.24) is 9.97 Å². The minimum atomic E-state index is -4.86. The highest BCUT2D eigenvalue weighted by molar-refractivity contribution is 5.72. The molecule has 11 heteroatoms. The van der Waals surface area contributed by atoms with Crippen LogP contribution in [0.25, 0.3) is 33.6 Å². The van der Waals surface area contributed by atoms with E-state index in [9.17, 15) is 17.6 Å². The van der Waals surface area contributed by atoms with E-state index in [0.29, 0.717) is 11.4 Å². The normalized spacial score (nSPS) is 11.8. The van der Waals surface area contributed by atoms with Crippen LogP contribution >= 0.6 is 0 Å². The van der Waals surface area contributed by atoms with Crippen molar-refractivity contribution in [1.29, 1.82) is 0 Å². The van der Waals surface area contributed by atoms with Crippen LogP contribution in [0.5, 0.6) is 11.5 Å². The van der Waals surface area contributed by atoms with Gasteiger partial charge in [0, 0.05) is 35.2 Å². The molecule has 0 saturated carbocycles. The van der Waals surface area contributed by atoms with Crippen LogP contribution in [-0.4, -0.2) is 16.3 Å². The van der Waals surface area contributed by atoms with E-state index in [1.807, 2.05) is 0 Å². The Kier molecular flexibility index (Phi) is 9.60. The van der Waals surface area contributed by atoms with Gasteiger partial charge in [-0.2, -0.15) is 8.78 Å². The maximum Gasteiger partial charge on any atom is 0.573 e. The number of hydrogen-bond donors (Lipinski definition) is 0. The number of unbranched alkanes of at least 4 members (excludes halogenated alkanes) is 2. The van der Waals surface area contributed by atoms with Gasteiger partial charge < -0.3 is 9.47 Å². The molecule has 0 N–H and O–H groups in total. The van der Waals surface area contributed by atoms with Gasteiger partial charge in [-0.3, -0.25) is 0 Å². The predicted octanol–water partition coefficient (Wildman–Crippen LogP) is 10.5. The van der Waals surface area contributed by atoms with Crippen molar-refractivity contribution in [2.24, 2.45) is 0 Å². The molecule has 5 aromatic rings. The average Bonchev–Trinajstić information content (AvgIpc) is 3.01. The number of ether oxygens (including phenoxy) is 2. The van der Waals surface area contributed by atoms with Gasteiger partial charge in [0.05, 0.1) is 5.56 Å². The number of halogens is 7. The van der Waals surface area contributed by atoms with Crippen molar-refractivity contribution in [3.63, 3.8) is 0 Å². The molecule has 0 aliphatic carbocycles. The SMILES string of the molecule is CCCCCc1cnc(-c2ccc(C(F)(F)Oc3ccc(-c4ccc(-c5ccc(OC(F)(F)F)cc5)c(F)c4)c(F)c3)cc2)nc1. The van der Waals surface area contributed by atoms with Crippen LogP contribution < -0.4 is 9.47 Å². The topological polar surface area (TPSA) is 44.2 Å². The minimum absolute atomic E-state index is 0.0549. The summed E-state index contributed by atoms with van der Waals surface area (Å²) >= 11 is 0. The Balaban J connectivity index is 1.26. The lowest BCUT2D eigenvalue weighted by molar-refractivity contribution is -0.274.